The van der Waals surface area contributed by atoms with Gasteiger partial charge in [0.2, 0.25) is 5.91 Å². The molecule has 0 unspecified atom stereocenters. The van der Waals surface area contributed by atoms with Crippen LogP contribution in [-0.2, 0) is 11.2 Å². The first-order valence-electron chi connectivity index (χ1n) is 9.29. The largest absolute Gasteiger partial charge is 0.506 e. The number of hydrazone groups is 1. The number of carbonyl (C=O) groups excluding carboxylic acids is 2. The van der Waals surface area contributed by atoms with Crippen molar-refractivity contribution in [1.82, 2.24) is 10.7 Å². The minimum Gasteiger partial charge on any atom is -0.506 e. The van der Waals surface area contributed by atoms with Crippen LogP contribution in [0.5, 0.6) is 5.75 Å². The summed E-state index contributed by atoms with van der Waals surface area (Å²) in [6, 6.07) is 15.5. The summed E-state index contributed by atoms with van der Waals surface area (Å²) in [5.74, 6) is -0.641. The Kier molecular flexibility index (Phi) is 7.00. The highest BCUT2D eigenvalue weighted by atomic mass is 35.5. The van der Waals surface area contributed by atoms with Crippen molar-refractivity contribution in [3.8, 4) is 5.75 Å². The number of phenolic OH excluding ortho intramolecular Hbond substituents is 1. The van der Waals surface area contributed by atoms with Crippen molar-refractivity contribution in [2.24, 2.45) is 10.8 Å². The van der Waals surface area contributed by atoms with E-state index in [1.54, 1.807) is 6.21 Å². The molecule has 0 fully saturated rings. The molecular formula is C22H21ClN4O3. The second-order valence-electron chi connectivity index (χ2n) is 6.54. The number of nitrogens with two attached hydrogens (primary N) is 1. The van der Waals surface area contributed by atoms with E-state index in [1.807, 2.05) is 36.4 Å². The fraction of sp³-hybridized carbons (Fsp3) is 0.136. The van der Waals surface area contributed by atoms with E-state index in [4.69, 9.17) is 17.3 Å². The molecule has 8 heteroatoms. The number of amides is 2. The number of fused-ring (bicyclic) bond motifs is 1. The van der Waals surface area contributed by atoms with E-state index in [0.717, 1.165) is 21.9 Å². The third kappa shape index (κ3) is 5.14. The molecule has 3 rings (SSSR count). The molecule has 0 aliphatic heterocycles. The second-order valence-corrected chi connectivity index (χ2v) is 6.95. The van der Waals surface area contributed by atoms with Crippen LogP contribution < -0.4 is 16.5 Å². The molecule has 30 heavy (non-hydrogen) atoms. The van der Waals surface area contributed by atoms with Crippen molar-refractivity contribution in [2.45, 2.75) is 6.42 Å². The average molecular weight is 425 g/mol. The van der Waals surface area contributed by atoms with Gasteiger partial charge in [-0.15, -0.1) is 0 Å². The fourth-order valence-corrected chi connectivity index (χ4v) is 3.15. The van der Waals surface area contributed by atoms with E-state index in [-0.39, 0.29) is 28.7 Å². The molecule has 3 aromatic rings. The maximum Gasteiger partial charge on any atom is 0.271 e. The van der Waals surface area contributed by atoms with Gasteiger partial charge in [0.15, 0.2) is 0 Å². The molecule has 0 saturated carbocycles. The number of phenols is 1. The molecule has 0 aliphatic rings. The zero-order valence-corrected chi connectivity index (χ0v) is 16.8. The van der Waals surface area contributed by atoms with Crippen LogP contribution in [0.1, 0.15) is 21.5 Å². The predicted octanol–water partition coefficient (Wildman–Crippen LogP) is 2.58. The zero-order chi connectivity index (χ0) is 21.5. The molecular weight excluding hydrogens is 404 g/mol. The highest BCUT2D eigenvalue weighted by molar-refractivity contribution is 6.32. The summed E-state index contributed by atoms with van der Waals surface area (Å²) in [5.41, 5.74) is 9.82. The van der Waals surface area contributed by atoms with Gasteiger partial charge in [0.1, 0.15) is 5.75 Å². The molecule has 0 radical (unpaired) electrons. The number of nitrogens with zero attached hydrogens (tertiary/aromatic N) is 1. The van der Waals surface area contributed by atoms with Crippen molar-refractivity contribution in [1.29, 1.82) is 0 Å². The summed E-state index contributed by atoms with van der Waals surface area (Å²) >= 11 is 5.83. The van der Waals surface area contributed by atoms with E-state index in [2.05, 4.69) is 15.8 Å². The molecule has 0 spiro atoms. The summed E-state index contributed by atoms with van der Waals surface area (Å²) < 4.78 is 0. The van der Waals surface area contributed by atoms with E-state index >= 15 is 0 Å². The van der Waals surface area contributed by atoms with Crippen molar-refractivity contribution < 1.29 is 14.7 Å². The second kappa shape index (κ2) is 9.87. The molecule has 154 valence electrons. The van der Waals surface area contributed by atoms with Crippen molar-refractivity contribution in [3.63, 3.8) is 0 Å². The smallest absolute Gasteiger partial charge is 0.271 e. The topological polar surface area (TPSA) is 117 Å². The van der Waals surface area contributed by atoms with Crippen LogP contribution >= 0.6 is 11.6 Å². The average Bonchev–Trinajstić information content (AvgIpc) is 2.75. The van der Waals surface area contributed by atoms with Gasteiger partial charge in [-0.05, 0) is 34.5 Å². The van der Waals surface area contributed by atoms with Crippen molar-refractivity contribution in [3.05, 3.63) is 76.3 Å². The summed E-state index contributed by atoms with van der Waals surface area (Å²) in [7, 11) is 0. The van der Waals surface area contributed by atoms with Crippen LogP contribution in [0.3, 0.4) is 0 Å². The molecule has 0 aliphatic carbocycles. The molecule has 3 aromatic carbocycles. The van der Waals surface area contributed by atoms with E-state index in [0.29, 0.717) is 13.1 Å². The van der Waals surface area contributed by atoms with Gasteiger partial charge in [-0.25, -0.2) is 5.43 Å². The number of hydrogen-bond acceptors (Lipinski definition) is 5. The zero-order valence-electron chi connectivity index (χ0n) is 16.1. The van der Waals surface area contributed by atoms with Crippen LogP contribution in [0.2, 0.25) is 5.02 Å². The quantitative estimate of drug-likeness (QED) is 0.344. The van der Waals surface area contributed by atoms with Gasteiger partial charge in [-0.1, -0.05) is 48.0 Å². The molecule has 0 atom stereocenters. The number of halogens is 1. The number of benzene rings is 3. The SMILES string of the molecule is NCCNC(=O)Cc1ccc(/C=N/NC(=O)c2ccc(O)c(Cl)c2)c2ccccc12. The van der Waals surface area contributed by atoms with E-state index in [9.17, 15) is 14.7 Å². The highest BCUT2D eigenvalue weighted by Gasteiger charge is 2.10. The minimum atomic E-state index is -0.453. The van der Waals surface area contributed by atoms with Crippen LogP contribution in [0, 0.1) is 0 Å². The van der Waals surface area contributed by atoms with E-state index < -0.39 is 5.91 Å². The number of rotatable bonds is 7. The Morgan fingerprint density at radius 1 is 1.10 bits per heavy atom. The Bertz CT molecular complexity index is 1110. The van der Waals surface area contributed by atoms with Crippen LogP contribution in [0.4, 0.5) is 0 Å². The Morgan fingerprint density at radius 2 is 1.87 bits per heavy atom. The molecule has 2 amide bonds. The molecule has 5 N–H and O–H groups in total. The van der Waals surface area contributed by atoms with Gasteiger partial charge in [0.05, 0.1) is 17.7 Å². The first-order valence-corrected chi connectivity index (χ1v) is 9.66. The van der Waals surface area contributed by atoms with Gasteiger partial charge in [0, 0.05) is 24.2 Å². The molecule has 0 aromatic heterocycles. The normalized spacial score (nSPS) is 11.0. The molecule has 0 saturated heterocycles. The Labute approximate surface area is 178 Å². The van der Waals surface area contributed by atoms with Crippen LogP contribution in [0.25, 0.3) is 10.8 Å². The van der Waals surface area contributed by atoms with Crippen LogP contribution in [-0.4, -0.2) is 36.2 Å². The van der Waals surface area contributed by atoms with Gasteiger partial charge in [0.25, 0.3) is 5.91 Å². The summed E-state index contributed by atoms with van der Waals surface area (Å²) in [6.07, 6.45) is 1.79. The molecule has 0 bridgehead atoms. The first kappa shape index (κ1) is 21.3. The maximum absolute atomic E-state index is 12.2. The number of hydrogen-bond donors (Lipinski definition) is 4. The lowest BCUT2D eigenvalue weighted by atomic mass is 9.98. The standard InChI is InChI=1S/C22H21ClN4O3/c23-19-11-15(7-8-20(19)28)22(30)27-26-13-16-6-5-14(12-21(29)25-10-9-24)17-3-1-2-4-18(16)17/h1-8,11,13,28H,9-10,12,24H2,(H,25,29)(H,27,30)/b26-13+. The summed E-state index contributed by atoms with van der Waals surface area (Å²) in [4.78, 5) is 24.3. The molecule has 7 nitrogen and oxygen atoms in total. The Hall–Kier alpha value is -3.42. The monoisotopic (exact) mass is 424 g/mol. The van der Waals surface area contributed by atoms with Gasteiger partial charge in [-0.3, -0.25) is 9.59 Å². The lowest BCUT2D eigenvalue weighted by molar-refractivity contribution is -0.120. The van der Waals surface area contributed by atoms with Crippen molar-refractivity contribution >= 4 is 40.4 Å². The maximum atomic E-state index is 12.2. The number of nitrogens with one attached hydrogen (secondary N) is 2. The fourth-order valence-electron chi connectivity index (χ4n) is 2.97. The third-order valence-corrected chi connectivity index (χ3v) is 4.75. The van der Waals surface area contributed by atoms with Gasteiger partial charge in [-0.2, -0.15) is 5.10 Å². The summed E-state index contributed by atoms with van der Waals surface area (Å²) in [6.45, 7) is 0.831. The van der Waals surface area contributed by atoms with Gasteiger partial charge >= 0.3 is 0 Å². The van der Waals surface area contributed by atoms with Crippen molar-refractivity contribution in [2.75, 3.05) is 13.1 Å². The molecule has 0 heterocycles. The first-order chi connectivity index (χ1) is 14.5. The number of carbonyl (C=O) groups is 2. The third-order valence-electron chi connectivity index (χ3n) is 4.45. The number of aromatic hydroxyl groups is 1. The lowest BCUT2D eigenvalue weighted by Crippen LogP contribution is -2.30. The van der Waals surface area contributed by atoms with Gasteiger partial charge < -0.3 is 16.2 Å². The van der Waals surface area contributed by atoms with Crippen LogP contribution in [0.15, 0.2) is 59.7 Å². The lowest BCUT2D eigenvalue weighted by Gasteiger charge is -2.09. The predicted molar refractivity (Wildman–Crippen MR) is 118 cm³/mol. The highest BCUT2D eigenvalue weighted by Crippen LogP contribution is 2.24. The Morgan fingerprint density at radius 3 is 2.60 bits per heavy atom. The Balaban J connectivity index is 1.77. The van der Waals surface area contributed by atoms with E-state index in [1.165, 1.54) is 18.2 Å². The minimum absolute atomic E-state index is 0.0868. The summed E-state index contributed by atoms with van der Waals surface area (Å²) in [5, 5.41) is 18.2.